The fourth-order valence-corrected chi connectivity index (χ4v) is 4.82. The van der Waals surface area contributed by atoms with Crippen LogP contribution in [0.1, 0.15) is 30.7 Å². The van der Waals surface area contributed by atoms with Crippen LogP contribution >= 0.6 is 0 Å². The van der Waals surface area contributed by atoms with Crippen molar-refractivity contribution in [3.05, 3.63) is 48.0 Å². The summed E-state index contributed by atoms with van der Waals surface area (Å²) < 4.78 is 5.19. The molecule has 23 heavy (non-hydrogen) atoms. The van der Waals surface area contributed by atoms with E-state index in [2.05, 4.69) is 54.4 Å². The summed E-state index contributed by atoms with van der Waals surface area (Å²) in [6, 6.07) is 15.9. The Bertz CT molecular complexity index is 736. The molecule has 2 aliphatic heterocycles. The fourth-order valence-electron chi connectivity index (χ4n) is 4.82. The van der Waals surface area contributed by atoms with Crippen molar-refractivity contribution in [2.45, 2.75) is 37.3 Å². The van der Waals surface area contributed by atoms with Crippen LogP contribution in [0.3, 0.4) is 0 Å². The van der Waals surface area contributed by atoms with Crippen LogP contribution in [-0.4, -0.2) is 37.1 Å². The molecular weight excluding hydrogens is 286 g/mol. The smallest absolute Gasteiger partial charge is 0.310 e. The minimum atomic E-state index is -0.0606. The second-order valence-electron chi connectivity index (χ2n) is 6.92. The van der Waals surface area contributed by atoms with E-state index in [1.165, 1.54) is 29.9 Å². The SMILES string of the molecule is COC(=O)[C@H]1[C@H]2CC[C@H](C[C@H]1c1cccc3ccccc13)N2C. The molecule has 0 spiro atoms. The van der Waals surface area contributed by atoms with Gasteiger partial charge in [0.05, 0.1) is 13.0 Å². The summed E-state index contributed by atoms with van der Waals surface area (Å²) in [7, 11) is 3.68. The molecule has 0 N–H and O–H groups in total. The zero-order valence-electron chi connectivity index (χ0n) is 13.7. The number of carbonyl (C=O) groups excluding carboxylic acids is 1. The van der Waals surface area contributed by atoms with Gasteiger partial charge in [0, 0.05) is 18.0 Å². The minimum Gasteiger partial charge on any atom is -0.469 e. The van der Waals surface area contributed by atoms with Gasteiger partial charge in [0.2, 0.25) is 0 Å². The first-order valence-electron chi connectivity index (χ1n) is 8.48. The van der Waals surface area contributed by atoms with E-state index in [0.717, 1.165) is 12.8 Å². The van der Waals surface area contributed by atoms with Crippen molar-refractivity contribution in [3.63, 3.8) is 0 Å². The second kappa shape index (κ2) is 5.64. The maximum Gasteiger partial charge on any atom is 0.310 e. The Morgan fingerprint density at radius 2 is 1.91 bits per heavy atom. The van der Waals surface area contributed by atoms with E-state index in [0.29, 0.717) is 12.1 Å². The molecule has 2 aromatic carbocycles. The third-order valence-corrected chi connectivity index (χ3v) is 5.96. The molecule has 2 bridgehead atoms. The van der Waals surface area contributed by atoms with Crippen LogP contribution in [0.2, 0.25) is 0 Å². The van der Waals surface area contributed by atoms with Gasteiger partial charge < -0.3 is 4.74 Å². The quantitative estimate of drug-likeness (QED) is 0.794. The number of methoxy groups -OCH3 is 1. The molecule has 2 saturated heterocycles. The first-order chi connectivity index (χ1) is 11.2. The molecule has 3 heteroatoms. The summed E-state index contributed by atoms with van der Waals surface area (Å²) in [6.45, 7) is 0. The molecule has 0 saturated carbocycles. The number of esters is 1. The van der Waals surface area contributed by atoms with E-state index in [1.807, 2.05) is 0 Å². The molecule has 3 nitrogen and oxygen atoms in total. The Morgan fingerprint density at radius 3 is 2.74 bits per heavy atom. The van der Waals surface area contributed by atoms with E-state index in [4.69, 9.17) is 4.74 Å². The average molecular weight is 309 g/mol. The highest BCUT2D eigenvalue weighted by atomic mass is 16.5. The van der Waals surface area contributed by atoms with Crippen LogP contribution in [0.5, 0.6) is 0 Å². The van der Waals surface area contributed by atoms with Crippen molar-refractivity contribution in [1.29, 1.82) is 0 Å². The Hall–Kier alpha value is -1.87. The normalized spacial score (nSPS) is 30.5. The lowest BCUT2D eigenvalue weighted by Gasteiger charge is -2.42. The number of hydrogen-bond acceptors (Lipinski definition) is 3. The summed E-state index contributed by atoms with van der Waals surface area (Å²) in [5.74, 6) is 0.136. The van der Waals surface area contributed by atoms with Gasteiger partial charge in [-0.05, 0) is 42.6 Å². The highest BCUT2D eigenvalue weighted by molar-refractivity contribution is 5.87. The molecular formula is C20H23NO2. The van der Waals surface area contributed by atoms with Crippen molar-refractivity contribution < 1.29 is 9.53 Å². The lowest BCUT2D eigenvalue weighted by atomic mass is 9.75. The topological polar surface area (TPSA) is 29.5 Å². The van der Waals surface area contributed by atoms with Gasteiger partial charge in [0.15, 0.2) is 0 Å². The van der Waals surface area contributed by atoms with Gasteiger partial charge in [-0.2, -0.15) is 0 Å². The van der Waals surface area contributed by atoms with E-state index < -0.39 is 0 Å². The van der Waals surface area contributed by atoms with Crippen molar-refractivity contribution in [2.24, 2.45) is 5.92 Å². The molecule has 0 aliphatic carbocycles. The van der Waals surface area contributed by atoms with Gasteiger partial charge in [-0.15, -0.1) is 0 Å². The maximum atomic E-state index is 12.6. The van der Waals surface area contributed by atoms with E-state index in [-0.39, 0.29) is 17.8 Å². The lowest BCUT2D eigenvalue weighted by molar-refractivity contribution is -0.150. The summed E-state index contributed by atoms with van der Waals surface area (Å²) >= 11 is 0. The Balaban J connectivity index is 1.83. The van der Waals surface area contributed by atoms with E-state index >= 15 is 0 Å². The number of piperidine rings is 1. The summed E-state index contributed by atoms with van der Waals surface area (Å²) in [6.07, 6.45) is 3.33. The number of carbonyl (C=O) groups is 1. The van der Waals surface area contributed by atoms with Gasteiger partial charge in [-0.1, -0.05) is 42.5 Å². The molecule has 2 fully saturated rings. The third kappa shape index (κ3) is 2.26. The fraction of sp³-hybridized carbons (Fsp3) is 0.450. The summed E-state index contributed by atoms with van der Waals surface area (Å²) in [5, 5.41) is 2.53. The van der Waals surface area contributed by atoms with Gasteiger partial charge in [0.1, 0.15) is 0 Å². The molecule has 2 aliphatic rings. The predicted octanol–water partition coefficient (Wildman–Crippen LogP) is 3.58. The van der Waals surface area contributed by atoms with Gasteiger partial charge in [0.25, 0.3) is 0 Å². The Kier molecular flexibility index (Phi) is 3.61. The van der Waals surface area contributed by atoms with Gasteiger partial charge in [-0.3, -0.25) is 9.69 Å². The highest BCUT2D eigenvalue weighted by Crippen LogP contribution is 2.47. The first kappa shape index (κ1) is 14.7. The van der Waals surface area contributed by atoms with Gasteiger partial charge in [-0.25, -0.2) is 0 Å². The zero-order valence-corrected chi connectivity index (χ0v) is 13.7. The molecule has 0 amide bonds. The largest absolute Gasteiger partial charge is 0.469 e. The monoisotopic (exact) mass is 309 g/mol. The molecule has 120 valence electrons. The molecule has 2 aromatic rings. The predicted molar refractivity (Wildman–Crippen MR) is 91.4 cm³/mol. The van der Waals surface area contributed by atoms with Crippen LogP contribution in [0.4, 0.5) is 0 Å². The first-order valence-corrected chi connectivity index (χ1v) is 8.48. The van der Waals surface area contributed by atoms with E-state index in [9.17, 15) is 4.79 Å². The van der Waals surface area contributed by atoms with Crippen LogP contribution < -0.4 is 0 Å². The number of ether oxygens (including phenoxy) is 1. The van der Waals surface area contributed by atoms with E-state index in [1.54, 1.807) is 0 Å². The van der Waals surface area contributed by atoms with Crippen LogP contribution in [-0.2, 0) is 9.53 Å². The number of benzene rings is 2. The molecule has 0 unspecified atom stereocenters. The Labute approximate surface area is 137 Å². The van der Waals surface area contributed by atoms with Gasteiger partial charge >= 0.3 is 5.97 Å². The molecule has 2 heterocycles. The standard InChI is InChI=1S/C20H23NO2/c1-21-14-10-11-18(21)19(20(22)23-2)17(12-14)16-9-5-7-13-6-3-4-8-15(13)16/h3-9,14,17-19H,10-12H2,1-2H3/t14-,17+,18-,19-/m1/s1. The summed E-state index contributed by atoms with van der Waals surface area (Å²) in [4.78, 5) is 15.0. The van der Waals surface area contributed by atoms with Crippen molar-refractivity contribution in [2.75, 3.05) is 14.2 Å². The van der Waals surface area contributed by atoms with Crippen molar-refractivity contribution in [3.8, 4) is 0 Å². The van der Waals surface area contributed by atoms with Crippen LogP contribution in [0.25, 0.3) is 10.8 Å². The number of nitrogens with zero attached hydrogens (tertiary/aromatic N) is 1. The lowest BCUT2D eigenvalue weighted by Crippen LogP contribution is -2.49. The highest BCUT2D eigenvalue weighted by Gasteiger charge is 2.49. The third-order valence-electron chi connectivity index (χ3n) is 5.96. The molecule has 4 rings (SSSR count). The van der Waals surface area contributed by atoms with Crippen LogP contribution in [0, 0.1) is 5.92 Å². The van der Waals surface area contributed by atoms with Crippen molar-refractivity contribution in [1.82, 2.24) is 4.90 Å². The average Bonchev–Trinajstić information content (AvgIpc) is 2.83. The number of rotatable bonds is 2. The maximum absolute atomic E-state index is 12.6. The molecule has 0 radical (unpaired) electrons. The van der Waals surface area contributed by atoms with Crippen LogP contribution in [0.15, 0.2) is 42.5 Å². The second-order valence-corrected chi connectivity index (χ2v) is 6.92. The summed E-state index contributed by atoms with van der Waals surface area (Å²) in [5.41, 5.74) is 1.31. The number of fused-ring (bicyclic) bond motifs is 3. The minimum absolute atomic E-state index is 0.0554. The zero-order chi connectivity index (χ0) is 16.0. The molecule has 4 atom stereocenters. The van der Waals surface area contributed by atoms with Crippen molar-refractivity contribution >= 4 is 16.7 Å². The molecule has 0 aromatic heterocycles. The number of hydrogen-bond donors (Lipinski definition) is 0. The Morgan fingerprint density at radius 1 is 1.13 bits per heavy atom.